The molecule has 0 unspecified atom stereocenters. The summed E-state index contributed by atoms with van der Waals surface area (Å²) in [5.74, 6) is -3.29. The van der Waals surface area contributed by atoms with Gasteiger partial charge >= 0.3 is 24.3 Å². The number of furan rings is 1. The number of nitrogens with zero attached hydrogens (tertiary/aromatic N) is 4. The predicted octanol–water partition coefficient (Wildman–Crippen LogP) is 3.54. The summed E-state index contributed by atoms with van der Waals surface area (Å²) in [6, 6.07) is 4.01. The summed E-state index contributed by atoms with van der Waals surface area (Å²) >= 11 is 0. The van der Waals surface area contributed by atoms with Crippen molar-refractivity contribution in [1.29, 1.82) is 0 Å². The Morgan fingerprint density at radius 2 is 1.47 bits per heavy atom. The molecule has 1 fully saturated rings. The van der Waals surface area contributed by atoms with Crippen LogP contribution >= 0.6 is 0 Å². The number of aliphatic carboxylic acids is 2. The van der Waals surface area contributed by atoms with Crippen molar-refractivity contribution < 1.29 is 50.6 Å². The number of carboxylic acids is 2. The number of fused-ring (bicyclic) bond motifs is 1. The first-order valence-corrected chi connectivity index (χ1v) is 10.7. The summed E-state index contributed by atoms with van der Waals surface area (Å²) in [6.07, 6.45) is -2.08. The number of alkyl halides is 6. The molecular weight excluding hydrogens is 502 g/mol. The van der Waals surface area contributed by atoms with E-state index in [1.165, 1.54) is 29.9 Å². The zero-order valence-corrected chi connectivity index (χ0v) is 18.8. The van der Waals surface area contributed by atoms with E-state index in [9.17, 15) is 26.3 Å². The lowest BCUT2D eigenvalue weighted by molar-refractivity contribution is -0.193. The molecule has 0 atom stereocenters. The first-order chi connectivity index (χ1) is 16.8. The van der Waals surface area contributed by atoms with E-state index in [1.54, 1.807) is 12.6 Å². The topological polar surface area (TPSA) is 120 Å². The normalized spacial score (nSPS) is 16.1. The van der Waals surface area contributed by atoms with Crippen molar-refractivity contribution in [3.05, 3.63) is 41.7 Å². The minimum atomic E-state index is -5.08. The van der Waals surface area contributed by atoms with Gasteiger partial charge in [-0.05, 0) is 31.4 Å². The Labute approximate surface area is 201 Å². The summed E-state index contributed by atoms with van der Waals surface area (Å²) < 4.78 is 69.0. The third-order valence-electron chi connectivity index (χ3n) is 5.20. The van der Waals surface area contributed by atoms with Crippen molar-refractivity contribution in [2.75, 3.05) is 31.1 Å². The molecule has 2 N–H and O–H groups in total. The fourth-order valence-corrected chi connectivity index (χ4v) is 3.54. The number of halogens is 6. The van der Waals surface area contributed by atoms with Gasteiger partial charge in [0, 0.05) is 38.2 Å². The minimum Gasteiger partial charge on any atom is -0.475 e. The molecule has 9 nitrogen and oxygen atoms in total. The lowest BCUT2D eigenvalue weighted by atomic mass is 10.1. The fraction of sp³-hybridized carbons (Fsp3) is 0.524. The molecule has 0 aromatic carbocycles. The number of rotatable bonds is 3. The van der Waals surface area contributed by atoms with Crippen molar-refractivity contribution in [3.8, 4) is 0 Å². The Hall–Kier alpha value is -3.36. The van der Waals surface area contributed by atoms with E-state index in [0.29, 0.717) is 0 Å². The van der Waals surface area contributed by atoms with E-state index >= 15 is 0 Å². The van der Waals surface area contributed by atoms with Gasteiger partial charge in [-0.15, -0.1) is 0 Å². The average Bonchev–Trinajstić information content (AvgIpc) is 3.46. The quantitative estimate of drug-likeness (QED) is 0.579. The Morgan fingerprint density at radius 3 is 1.97 bits per heavy atom. The van der Waals surface area contributed by atoms with Gasteiger partial charge in [0.15, 0.2) is 0 Å². The van der Waals surface area contributed by atoms with Gasteiger partial charge in [-0.2, -0.15) is 26.3 Å². The van der Waals surface area contributed by atoms with Crippen LogP contribution in [0.15, 0.2) is 29.1 Å². The number of carbonyl (C=O) groups is 2. The highest BCUT2D eigenvalue weighted by Crippen LogP contribution is 2.26. The Morgan fingerprint density at radius 1 is 0.917 bits per heavy atom. The molecule has 0 saturated carbocycles. The molecule has 4 rings (SSSR count). The highest BCUT2D eigenvalue weighted by Gasteiger charge is 2.38. The summed E-state index contributed by atoms with van der Waals surface area (Å²) in [6.45, 7) is 5.23. The van der Waals surface area contributed by atoms with Crippen LogP contribution in [0.3, 0.4) is 0 Å². The van der Waals surface area contributed by atoms with Gasteiger partial charge in [0.1, 0.15) is 17.9 Å². The van der Waals surface area contributed by atoms with Crippen LogP contribution in [-0.4, -0.2) is 75.6 Å². The van der Waals surface area contributed by atoms with E-state index in [1.807, 2.05) is 12.1 Å². The van der Waals surface area contributed by atoms with Gasteiger partial charge in [0.25, 0.3) is 0 Å². The van der Waals surface area contributed by atoms with Crippen LogP contribution in [0.25, 0.3) is 0 Å². The maximum atomic E-state index is 10.6. The molecule has 0 bridgehead atoms. The number of aromatic nitrogens is 2. The summed E-state index contributed by atoms with van der Waals surface area (Å²) in [4.78, 5) is 31.8. The predicted molar refractivity (Wildman–Crippen MR) is 112 cm³/mol. The highest BCUT2D eigenvalue weighted by molar-refractivity contribution is 5.73. The molecule has 15 heteroatoms. The van der Waals surface area contributed by atoms with Crippen LogP contribution in [0, 0.1) is 0 Å². The monoisotopic (exact) mass is 526 g/mol. The van der Waals surface area contributed by atoms with Crippen LogP contribution in [-0.2, 0) is 29.0 Å². The zero-order chi connectivity index (χ0) is 26.9. The molecule has 1 saturated heterocycles. The SMILES string of the molecule is O=C(O)C(F)(F)F.O=C(O)C(F)(F)F.c1coc(CN2CCc3ncnc(N4CCCC4)c3CC2)c1. The number of hydrogen-bond acceptors (Lipinski definition) is 7. The minimum absolute atomic E-state index is 0.882. The zero-order valence-electron chi connectivity index (χ0n) is 18.8. The summed E-state index contributed by atoms with van der Waals surface area (Å²) in [7, 11) is 0. The van der Waals surface area contributed by atoms with Crippen LogP contribution in [0.1, 0.15) is 29.9 Å². The van der Waals surface area contributed by atoms with Gasteiger partial charge in [-0.1, -0.05) is 0 Å². The van der Waals surface area contributed by atoms with Crippen LogP contribution in [0.5, 0.6) is 0 Å². The molecule has 2 aromatic heterocycles. The first kappa shape index (κ1) is 28.9. The van der Waals surface area contributed by atoms with Crippen molar-refractivity contribution in [3.63, 3.8) is 0 Å². The molecule has 2 aromatic rings. The standard InChI is InChI=1S/C17H22N4O.2C2HF3O2/c1-2-8-21(7-1)17-15-5-9-20(12-14-4-3-11-22-14)10-6-16(15)18-13-19-17;2*3-2(4,5)1(6)7/h3-4,11,13H,1-2,5-10,12H2;2*(H,6,7). The molecule has 0 radical (unpaired) electrons. The number of anilines is 1. The molecule has 2 aliphatic rings. The van der Waals surface area contributed by atoms with Gasteiger partial charge in [-0.3, -0.25) is 4.90 Å². The average molecular weight is 526 g/mol. The van der Waals surface area contributed by atoms with Gasteiger partial charge < -0.3 is 19.5 Å². The van der Waals surface area contributed by atoms with Crippen molar-refractivity contribution in [2.45, 2.75) is 44.6 Å². The molecule has 0 amide bonds. The Balaban J connectivity index is 0.000000271. The second kappa shape index (κ2) is 12.6. The van der Waals surface area contributed by atoms with Gasteiger partial charge in [-0.25, -0.2) is 19.6 Å². The third-order valence-corrected chi connectivity index (χ3v) is 5.20. The van der Waals surface area contributed by atoms with E-state index in [2.05, 4.69) is 19.8 Å². The van der Waals surface area contributed by atoms with Crippen LogP contribution in [0.4, 0.5) is 32.2 Å². The first-order valence-electron chi connectivity index (χ1n) is 10.7. The number of carboxylic acid groups (broad SMARTS) is 2. The van der Waals surface area contributed by atoms with Gasteiger partial charge in [0.05, 0.1) is 18.5 Å². The van der Waals surface area contributed by atoms with Crippen LogP contribution < -0.4 is 4.90 Å². The smallest absolute Gasteiger partial charge is 0.475 e. The van der Waals surface area contributed by atoms with Crippen molar-refractivity contribution in [1.82, 2.24) is 14.9 Å². The molecular formula is C21H24F6N4O5. The third kappa shape index (κ3) is 9.02. The molecule has 0 aliphatic carbocycles. The maximum Gasteiger partial charge on any atom is 0.490 e. The Bertz CT molecular complexity index is 968. The van der Waals surface area contributed by atoms with E-state index in [-0.39, 0.29) is 0 Å². The van der Waals surface area contributed by atoms with Crippen molar-refractivity contribution >= 4 is 17.8 Å². The van der Waals surface area contributed by atoms with E-state index < -0.39 is 24.3 Å². The summed E-state index contributed by atoms with van der Waals surface area (Å²) in [5, 5.41) is 14.2. The second-order valence-corrected chi connectivity index (χ2v) is 7.78. The summed E-state index contributed by atoms with van der Waals surface area (Å²) in [5.41, 5.74) is 2.60. The fourth-order valence-electron chi connectivity index (χ4n) is 3.54. The highest BCUT2D eigenvalue weighted by atomic mass is 19.4. The molecule has 2 aliphatic heterocycles. The molecule has 4 heterocycles. The van der Waals surface area contributed by atoms with E-state index in [4.69, 9.17) is 24.2 Å². The van der Waals surface area contributed by atoms with Crippen LogP contribution in [0.2, 0.25) is 0 Å². The van der Waals surface area contributed by atoms with Gasteiger partial charge in [0.2, 0.25) is 0 Å². The largest absolute Gasteiger partial charge is 0.490 e. The molecule has 36 heavy (non-hydrogen) atoms. The lowest BCUT2D eigenvalue weighted by Gasteiger charge is -2.21. The Kier molecular flexibility index (Phi) is 10.1. The molecule has 200 valence electrons. The number of hydrogen-bond donors (Lipinski definition) is 2. The second-order valence-electron chi connectivity index (χ2n) is 7.78. The maximum absolute atomic E-state index is 10.6. The molecule has 0 spiro atoms. The lowest BCUT2D eigenvalue weighted by Crippen LogP contribution is -2.26. The van der Waals surface area contributed by atoms with Crippen molar-refractivity contribution in [2.24, 2.45) is 0 Å². The van der Waals surface area contributed by atoms with E-state index in [0.717, 1.165) is 51.3 Å².